The highest BCUT2D eigenvalue weighted by Crippen LogP contribution is 2.13. The Morgan fingerprint density at radius 1 is 1.50 bits per heavy atom. The van der Waals surface area contributed by atoms with Gasteiger partial charge in [-0.25, -0.2) is 0 Å². The molecular weight excluding hydrogens is 176 g/mol. The molecule has 0 fully saturated rings. The minimum absolute atomic E-state index is 0.115. The summed E-state index contributed by atoms with van der Waals surface area (Å²) in [6.45, 7) is 7.24. The van der Waals surface area contributed by atoms with Crippen LogP contribution in [0.1, 0.15) is 29.8 Å². The zero-order chi connectivity index (χ0) is 10.6. The molecule has 0 bridgehead atoms. The summed E-state index contributed by atoms with van der Waals surface area (Å²) in [5.41, 5.74) is 9.18. The molecule has 14 heavy (non-hydrogen) atoms. The Kier molecular flexibility index (Phi) is 4.04. The Balaban J connectivity index is 2.74. The fourth-order valence-electron chi connectivity index (χ4n) is 1.44. The van der Waals surface area contributed by atoms with E-state index < -0.39 is 0 Å². The van der Waals surface area contributed by atoms with Gasteiger partial charge in [-0.05, 0) is 31.9 Å². The summed E-state index contributed by atoms with van der Waals surface area (Å²) in [4.78, 5) is 4.33. The van der Waals surface area contributed by atoms with Crippen molar-refractivity contribution in [3.05, 3.63) is 29.1 Å². The van der Waals surface area contributed by atoms with Crippen LogP contribution in [-0.4, -0.2) is 18.2 Å². The molecule has 3 nitrogen and oxygen atoms in total. The summed E-state index contributed by atoms with van der Waals surface area (Å²) < 4.78 is 5.27. The number of rotatable bonds is 4. The minimum Gasteiger partial charge on any atom is -0.380 e. The van der Waals surface area contributed by atoms with E-state index in [-0.39, 0.29) is 6.04 Å². The van der Waals surface area contributed by atoms with Crippen molar-refractivity contribution in [1.29, 1.82) is 0 Å². The quantitative estimate of drug-likeness (QED) is 0.794. The van der Waals surface area contributed by atoms with Gasteiger partial charge in [-0.3, -0.25) is 4.98 Å². The number of aromatic nitrogens is 1. The summed E-state index contributed by atoms with van der Waals surface area (Å²) in [5.74, 6) is 0. The van der Waals surface area contributed by atoms with E-state index in [4.69, 9.17) is 10.5 Å². The molecule has 0 aliphatic carbocycles. The average Bonchev–Trinajstić information content (AvgIpc) is 2.14. The molecule has 0 saturated carbocycles. The zero-order valence-corrected chi connectivity index (χ0v) is 9.08. The Hall–Kier alpha value is -0.930. The summed E-state index contributed by atoms with van der Waals surface area (Å²) in [6.07, 6.45) is 1.84. The lowest BCUT2D eigenvalue weighted by Crippen LogP contribution is -2.19. The topological polar surface area (TPSA) is 48.1 Å². The fraction of sp³-hybridized carbons (Fsp3) is 0.545. The van der Waals surface area contributed by atoms with E-state index in [1.165, 1.54) is 0 Å². The van der Waals surface area contributed by atoms with Gasteiger partial charge < -0.3 is 10.5 Å². The van der Waals surface area contributed by atoms with Crippen molar-refractivity contribution < 1.29 is 4.74 Å². The average molecular weight is 194 g/mol. The predicted octanol–water partition coefficient (Wildman–Crippen LogP) is 1.73. The van der Waals surface area contributed by atoms with Crippen LogP contribution < -0.4 is 5.73 Å². The summed E-state index contributed by atoms with van der Waals surface area (Å²) >= 11 is 0. The van der Waals surface area contributed by atoms with Crippen LogP contribution in [0.15, 0.2) is 12.3 Å². The third kappa shape index (κ3) is 2.79. The zero-order valence-electron chi connectivity index (χ0n) is 9.08. The van der Waals surface area contributed by atoms with Gasteiger partial charge in [-0.1, -0.05) is 6.07 Å². The van der Waals surface area contributed by atoms with Crippen LogP contribution in [0.3, 0.4) is 0 Å². The second-order valence-electron chi connectivity index (χ2n) is 3.48. The molecule has 0 amide bonds. The van der Waals surface area contributed by atoms with Gasteiger partial charge in [0.2, 0.25) is 0 Å². The molecule has 1 aromatic heterocycles. The Bertz CT molecular complexity index is 299. The molecular formula is C11H18N2O. The van der Waals surface area contributed by atoms with Gasteiger partial charge in [0.15, 0.2) is 0 Å². The smallest absolute Gasteiger partial charge is 0.0710 e. The van der Waals surface area contributed by atoms with E-state index in [0.717, 1.165) is 16.8 Å². The molecule has 0 aliphatic rings. The lowest BCUT2D eigenvalue weighted by molar-refractivity contribution is 0.132. The van der Waals surface area contributed by atoms with Crippen LogP contribution in [0, 0.1) is 13.8 Å². The molecule has 0 radical (unpaired) electrons. The maximum absolute atomic E-state index is 5.94. The minimum atomic E-state index is -0.115. The van der Waals surface area contributed by atoms with Crippen LogP contribution in [0.25, 0.3) is 0 Å². The van der Waals surface area contributed by atoms with Gasteiger partial charge in [0.25, 0.3) is 0 Å². The van der Waals surface area contributed by atoms with Gasteiger partial charge in [0.1, 0.15) is 0 Å². The molecule has 1 unspecified atom stereocenters. The van der Waals surface area contributed by atoms with Crippen molar-refractivity contribution in [3.63, 3.8) is 0 Å². The molecule has 2 N–H and O–H groups in total. The fourth-order valence-corrected chi connectivity index (χ4v) is 1.44. The van der Waals surface area contributed by atoms with Crippen molar-refractivity contribution in [2.45, 2.75) is 26.8 Å². The molecule has 0 aliphatic heterocycles. The van der Waals surface area contributed by atoms with Crippen LogP contribution in [-0.2, 0) is 4.74 Å². The molecule has 1 atom stereocenters. The maximum atomic E-state index is 5.94. The number of hydrogen-bond donors (Lipinski definition) is 1. The summed E-state index contributed by atoms with van der Waals surface area (Å²) in [6, 6.07) is 1.98. The van der Waals surface area contributed by atoms with E-state index >= 15 is 0 Å². The molecule has 1 heterocycles. The highest BCUT2D eigenvalue weighted by atomic mass is 16.5. The number of pyridine rings is 1. The van der Waals surface area contributed by atoms with Crippen molar-refractivity contribution in [2.24, 2.45) is 5.73 Å². The van der Waals surface area contributed by atoms with Crippen molar-refractivity contribution in [3.8, 4) is 0 Å². The number of nitrogens with two attached hydrogens (primary N) is 1. The summed E-state index contributed by atoms with van der Waals surface area (Å²) in [7, 11) is 0. The highest BCUT2D eigenvalue weighted by Gasteiger charge is 2.10. The van der Waals surface area contributed by atoms with Crippen molar-refractivity contribution in [1.82, 2.24) is 4.98 Å². The van der Waals surface area contributed by atoms with Crippen LogP contribution in [0.4, 0.5) is 0 Å². The van der Waals surface area contributed by atoms with Crippen molar-refractivity contribution in [2.75, 3.05) is 13.2 Å². The maximum Gasteiger partial charge on any atom is 0.0710 e. The van der Waals surface area contributed by atoms with Crippen LogP contribution in [0.2, 0.25) is 0 Å². The third-order valence-corrected chi connectivity index (χ3v) is 2.11. The van der Waals surface area contributed by atoms with E-state index in [2.05, 4.69) is 11.1 Å². The first-order valence-electron chi connectivity index (χ1n) is 4.91. The van der Waals surface area contributed by atoms with Gasteiger partial charge >= 0.3 is 0 Å². The van der Waals surface area contributed by atoms with E-state index in [1.54, 1.807) is 0 Å². The summed E-state index contributed by atoms with van der Waals surface area (Å²) in [5, 5.41) is 0. The van der Waals surface area contributed by atoms with Gasteiger partial charge in [-0.2, -0.15) is 0 Å². The first-order valence-corrected chi connectivity index (χ1v) is 4.91. The number of ether oxygens (including phenoxy) is 1. The second kappa shape index (κ2) is 5.08. The normalized spacial score (nSPS) is 12.9. The Morgan fingerprint density at radius 2 is 2.21 bits per heavy atom. The lowest BCUT2D eigenvalue weighted by Gasteiger charge is -2.13. The van der Waals surface area contributed by atoms with E-state index in [0.29, 0.717) is 13.2 Å². The van der Waals surface area contributed by atoms with E-state index in [9.17, 15) is 0 Å². The van der Waals surface area contributed by atoms with Crippen LogP contribution >= 0.6 is 0 Å². The van der Waals surface area contributed by atoms with E-state index in [1.807, 2.05) is 27.0 Å². The Morgan fingerprint density at radius 3 is 2.79 bits per heavy atom. The first-order chi connectivity index (χ1) is 6.65. The van der Waals surface area contributed by atoms with Gasteiger partial charge in [-0.15, -0.1) is 0 Å². The standard InChI is InChI=1S/C11H18N2O/c1-4-14-7-10(12)11-9(3)5-8(2)6-13-11/h5-6,10H,4,7,12H2,1-3H3. The first kappa shape index (κ1) is 11.1. The molecule has 0 spiro atoms. The third-order valence-electron chi connectivity index (χ3n) is 2.11. The number of hydrogen-bond acceptors (Lipinski definition) is 3. The molecule has 1 aromatic rings. The molecule has 1 rings (SSSR count). The van der Waals surface area contributed by atoms with Crippen molar-refractivity contribution >= 4 is 0 Å². The molecule has 3 heteroatoms. The van der Waals surface area contributed by atoms with Gasteiger partial charge in [0, 0.05) is 12.8 Å². The number of aryl methyl sites for hydroxylation is 2. The Labute approximate surface area is 85.3 Å². The number of nitrogens with zero attached hydrogens (tertiary/aromatic N) is 1. The monoisotopic (exact) mass is 194 g/mol. The lowest BCUT2D eigenvalue weighted by atomic mass is 10.1. The molecule has 0 aromatic carbocycles. The molecule has 0 saturated heterocycles. The second-order valence-corrected chi connectivity index (χ2v) is 3.48. The van der Waals surface area contributed by atoms with Gasteiger partial charge in [0.05, 0.1) is 18.3 Å². The molecule has 78 valence electrons. The highest BCUT2D eigenvalue weighted by molar-refractivity contribution is 5.25. The SMILES string of the molecule is CCOCC(N)c1ncc(C)cc1C. The largest absolute Gasteiger partial charge is 0.380 e. The van der Waals surface area contributed by atoms with Crippen LogP contribution in [0.5, 0.6) is 0 Å². The predicted molar refractivity (Wildman–Crippen MR) is 57.1 cm³/mol.